The van der Waals surface area contributed by atoms with Gasteiger partial charge in [0.1, 0.15) is 0 Å². The number of fused-ring (bicyclic) bond motifs is 16. The fourth-order valence-corrected chi connectivity index (χ4v) is 18.9. The van der Waals surface area contributed by atoms with Crippen molar-refractivity contribution in [2.75, 3.05) is 0 Å². The van der Waals surface area contributed by atoms with Gasteiger partial charge in [0, 0.05) is 22.3 Å². The largest absolute Gasteiger partial charge is 2.00 e. The molecule has 7 aromatic carbocycles. The van der Waals surface area contributed by atoms with Crippen molar-refractivity contribution < 1.29 is 39.0 Å². The molecule has 0 saturated heterocycles. The molecule has 0 unspecified atom stereocenters. The van der Waals surface area contributed by atoms with Crippen molar-refractivity contribution in [1.29, 1.82) is 0 Å². The molecule has 0 saturated carbocycles. The monoisotopic (exact) mass is 1630 g/mol. The van der Waals surface area contributed by atoms with Crippen molar-refractivity contribution in [3.05, 3.63) is 313 Å². The average molecular weight is 1630 g/mol. The van der Waals surface area contributed by atoms with Crippen LogP contribution in [0.15, 0.2) is 140 Å². The summed E-state index contributed by atoms with van der Waals surface area (Å²) < 4.78 is 0. The second kappa shape index (κ2) is 31.5. The van der Waals surface area contributed by atoms with Gasteiger partial charge in [0.15, 0.2) is 0 Å². The first-order valence-corrected chi connectivity index (χ1v) is 40.3. The van der Waals surface area contributed by atoms with E-state index in [0.717, 1.165) is 217 Å². The first-order chi connectivity index (χ1) is 55.5. The molecular formula is C108H94N8Zn2. The SMILES string of the molecule is Cc1cc(C)c(-c2c3nc(c(-c4c(C)cc(C)cc4C)c4ccc([n-]4)c(-c4c(C)cc(C)cc4C)c4nc(c(C#Cc5cc(C#Cc6c7nc(c(-c8c(C)cc(C)cc8C)c8ccc([n-]8)c(-c8c(C)cc(C)cc8C)c8nc(c(-c9c(C)cc(C)cc9C)c9ccc6[n-]9)C=C8)C=C7)cc(C(C)(C)C)c5)c5ccc2[n-]5)C=C4)C=C3)c(C)c1.[Zn+2].[Zn+2]. The fourth-order valence-electron chi connectivity index (χ4n) is 18.9. The summed E-state index contributed by atoms with van der Waals surface area (Å²) in [4.78, 5) is 45.6. The van der Waals surface area contributed by atoms with Crippen LogP contribution in [-0.4, -0.2) is 19.9 Å². The van der Waals surface area contributed by atoms with Crippen LogP contribution in [0.1, 0.15) is 194 Å². The number of hydrogen-bond acceptors (Lipinski definition) is 4. The molecule has 0 aliphatic carbocycles. The van der Waals surface area contributed by atoms with Crippen molar-refractivity contribution in [3.8, 4) is 90.4 Å². The molecule has 0 spiro atoms. The summed E-state index contributed by atoms with van der Waals surface area (Å²) in [5, 5.41) is 0. The first-order valence-electron chi connectivity index (χ1n) is 40.3. The van der Waals surface area contributed by atoms with Gasteiger partial charge in [-0.1, -0.05) is 199 Å². The molecule has 0 N–H and O–H groups in total. The molecule has 10 heteroatoms. The van der Waals surface area contributed by atoms with Gasteiger partial charge in [0.05, 0.1) is 45.6 Å². The van der Waals surface area contributed by atoms with Crippen LogP contribution in [0.2, 0.25) is 0 Å². The summed E-state index contributed by atoms with van der Waals surface area (Å²) >= 11 is 0. The maximum absolute atomic E-state index is 5.71. The fraction of sp³-hybridized carbons (Fsp3) is 0.204. The molecule has 0 amide bonds. The number of aryl methyl sites for hydroxylation is 18. The summed E-state index contributed by atoms with van der Waals surface area (Å²) in [6, 6.07) is 50.8. The molecule has 6 aromatic heterocycles. The van der Waals surface area contributed by atoms with Crippen LogP contribution in [0.3, 0.4) is 0 Å². The summed E-state index contributed by atoms with van der Waals surface area (Å²) in [6.45, 7) is 46.1. The minimum atomic E-state index is -0.305. The smallest absolute Gasteiger partial charge is 0.657 e. The molecule has 13 aromatic rings. The van der Waals surface area contributed by atoms with Crippen molar-refractivity contribution >= 4 is 92.7 Å². The van der Waals surface area contributed by atoms with Crippen LogP contribution >= 0.6 is 0 Å². The summed E-state index contributed by atoms with van der Waals surface area (Å²) in [5.41, 5.74) is 49.6. The Labute approximate surface area is 720 Å². The quantitative estimate of drug-likeness (QED) is 0.120. The molecule has 8 nitrogen and oxygen atoms in total. The maximum Gasteiger partial charge on any atom is 2.00 e. The Morgan fingerprint density at radius 2 is 0.390 bits per heavy atom. The van der Waals surface area contributed by atoms with E-state index in [9.17, 15) is 0 Å². The predicted molar refractivity (Wildman–Crippen MR) is 489 cm³/mol. The zero-order chi connectivity index (χ0) is 81.4. The van der Waals surface area contributed by atoms with Crippen LogP contribution in [-0.2, 0) is 44.4 Å². The van der Waals surface area contributed by atoms with Gasteiger partial charge in [-0.3, -0.25) is 0 Å². The van der Waals surface area contributed by atoms with E-state index < -0.39 is 0 Å². The van der Waals surface area contributed by atoms with Gasteiger partial charge in [-0.15, -0.1) is 44.1 Å². The van der Waals surface area contributed by atoms with Crippen LogP contribution in [0.5, 0.6) is 0 Å². The number of hydrogen-bond donors (Lipinski definition) is 0. The van der Waals surface area contributed by atoms with Crippen LogP contribution < -0.4 is 19.9 Å². The molecule has 17 rings (SSSR count). The summed E-state index contributed by atoms with van der Waals surface area (Å²) in [7, 11) is 0. The average Bonchev–Trinajstić information content (AvgIpc) is 1.60. The third-order valence-electron chi connectivity index (χ3n) is 23.2. The molecule has 10 heterocycles. The molecule has 570 valence electrons. The van der Waals surface area contributed by atoms with Gasteiger partial charge in [0.2, 0.25) is 0 Å². The number of rotatable bonds is 6. The van der Waals surface area contributed by atoms with Crippen molar-refractivity contribution in [2.45, 2.75) is 151 Å². The van der Waals surface area contributed by atoms with Crippen molar-refractivity contribution in [2.24, 2.45) is 0 Å². The summed E-state index contributed by atoms with van der Waals surface area (Å²) in [5.74, 6) is 15.1. The van der Waals surface area contributed by atoms with Crippen molar-refractivity contribution in [1.82, 2.24) is 39.9 Å². The minimum Gasteiger partial charge on any atom is -0.657 e. The number of aromatic nitrogens is 8. The van der Waals surface area contributed by atoms with E-state index in [2.05, 4.69) is 357 Å². The normalized spacial score (nSPS) is 12.0. The molecule has 4 aliphatic rings. The van der Waals surface area contributed by atoms with E-state index in [-0.39, 0.29) is 44.4 Å². The van der Waals surface area contributed by atoms with E-state index >= 15 is 0 Å². The molecule has 0 fully saturated rings. The second-order valence-electron chi connectivity index (χ2n) is 33.9. The predicted octanol–water partition coefficient (Wildman–Crippen LogP) is 25.8. The Kier molecular flexibility index (Phi) is 21.7. The maximum atomic E-state index is 5.71. The summed E-state index contributed by atoms with van der Waals surface area (Å²) in [6.07, 6.45) is 17.1. The molecule has 4 aliphatic heterocycles. The Bertz CT molecular complexity index is 6490. The van der Waals surface area contributed by atoms with Crippen LogP contribution in [0.4, 0.5) is 0 Å². The van der Waals surface area contributed by atoms with E-state index in [1.54, 1.807) is 0 Å². The van der Waals surface area contributed by atoms with Gasteiger partial charge < -0.3 is 19.9 Å². The third kappa shape index (κ3) is 14.9. The third-order valence-corrected chi connectivity index (χ3v) is 23.2. The van der Waals surface area contributed by atoms with E-state index in [1.165, 1.54) is 33.4 Å². The first kappa shape index (κ1) is 81.3. The number of benzene rings is 7. The van der Waals surface area contributed by atoms with E-state index in [4.69, 9.17) is 39.9 Å². The van der Waals surface area contributed by atoms with Gasteiger partial charge in [-0.05, 0) is 336 Å². The van der Waals surface area contributed by atoms with Gasteiger partial charge in [0.25, 0.3) is 0 Å². The Balaban J connectivity index is 0.00000544. The number of nitrogens with zero attached hydrogens (tertiary/aromatic N) is 8. The molecule has 118 heavy (non-hydrogen) atoms. The minimum absolute atomic E-state index is 0. The Morgan fingerprint density at radius 3 is 0.593 bits per heavy atom. The van der Waals surface area contributed by atoms with Crippen molar-refractivity contribution in [3.63, 3.8) is 0 Å². The molecule has 0 radical (unpaired) electrons. The van der Waals surface area contributed by atoms with E-state index in [1.807, 2.05) is 0 Å². The van der Waals surface area contributed by atoms with Gasteiger partial charge in [-0.25, -0.2) is 19.9 Å². The molecule has 16 bridgehead atoms. The van der Waals surface area contributed by atoms with Crippen LogP contribution in [0, 0.1) is 148 Å². The second-order valence-corrected chi connectivity index (χ2v) is 33.9. The Morgan fingerprint density at radius 1 is 0.212 bits per heavy atom. The molecule has 0 atom stereocenters. The zero-order valence-electron chi connectivity index (χ0n) is 71.9. The van der Waals surface area contributed by atoms with E-state index in [0.29, 0.717) is 33.5 Å². The van der Waals surface area contributed by atoms with Gasteiger partial charge >= 0.3 is 39.0 Å². The standard InChI is InChI=1S/C108H94N8.2Zn/c1-57-42-63(7)96(64(8)43-57)102-84-30-26-80(109-84)78(81-27-31-85(110-81)103(97-65(9)44-58(2)45-66(97)10)89-35-39-93(114-89)106(92-38-34-88(102)113-92)100-71(15)50-61(5)51-72(100)16)24-22-75-54-76(56-77(55-75)108(19,20)21)23-25-79-82-28-32-86(111-82)104(98-67(11)46-59(3)47-68(98)12)90-36-40-94(115-90)107(101-73(17)52-62(6)53-74(101)18)95-41-37-91(116-95)105(87-33-29-83(79)112-87)99-69(13)48-60(4)49-70(99)14;;/h26-56H,1-21H3;;/q-4;2*+2. The Hall–Kier alpha value is -11.9. The van der Waals surface area contributed by atoms with Crippen LogP contribution in [0.25, 0.3) is 160 Å². The zero-order valence-corrected chi connectivity index (χ0v) is 77.8. The van der Waals surface area contributed by atoms with Gasteiger partial charge in [-0.2, -0.15) is 0 Å². The molecular weight excluding hydrogens is 1540 g/mol. The topological polar surface area (TPSA) is 108 Å².